The Bertz CT molecular complexity index is 462. The molecule has 0 nitrogen and oxygen atoms in total. The van der Waals surface area contributed by atoms with E-state index in [9.17, 15) is 0 Å². The molecule has 0 radical (unpaired) electrons. The number of hydrogen-bond donors (Lipinski definition) is 0. The molecule has 0 bridgehead atoms. The van der Waals surface area contributed by atoms with Crippen molar-refractivity contribution in [2.45, 2.75) is 0 Å². The molecule has 3 heterocycles. The normalized spacial score (nSPS) is 21.2. The van der Waals surface area contributed by atoms with E-state index in [0.717, 1.165) is 0 Å². The van der Waals surface area contributed by atoms with Gasteiger partial charge in [-0.1, -0.05) is 0 Å². The predicted molar refractivity (Wildman–Crippen MR) is 92.5 cm³/mol. The van der Waals surface area contributed by atoms with E-state index in [1.165, 1.54) is 14.0 Å². The summed E-state index contributed by atoms with van der Waals surface area (Å²) in [7, 11) is 0. The molecule has 0 saturated carbocycles. The SMILES string of the molecule is C1=CSC(=CC(C=C2SC=CS2)=C2[Se]C=C[Se]2)S1. The van der Waals surface area contributed by atoms with Gasteiger partial charge in [-0.15, -0.1) is 0 Å². The maximum atomic E-state index is 2.37. The van der Waals surface area contributed by atoms with Gasteiger partial charge in [0.15, 0.2) is 0 Å². The Balaban J connectivity index is 1.86. The van der Waals surface area contributed by atoms with Crippen molar-refractivity contribution >= 4 is 77.0 Å². The van der Waals surface area contributed by atoms with Crippen LogP contribution in [0.25, 0.3) is 0 Å². The fraction of sp³-hybridized carbons (Fsp3) is 0. The van der Waals surface area contributed by atoms with E-state index >= 15 is 0 Å². The van der Waals surface area contributed by atoms with E-state index in [-0.39, 0.29) is 0 Å². The van der Waals surface area contributed by atoms with Crippen molar-refractivity contribution < 1.29 is 0 Å². The maximum absolute atomic E-state index is 2.37. The Hall–Kier alpha value is 0.879. The van der Waals surface area contributed by atoms with Crippen LogP contribution in [0.5, 0.6) is 0 Å². The van der Waals surface area contributed by atoms with Gasteiger partial charge in [-0.05, 0) is 0 Å². The second-order valence-electron chi connectivity index (χ2n) is 3.19. The van der Waals surface area contributed by atoms with Crippen LogP contribution in [0.3, 0.4) is 0 Å². The van der Waals surface area contributed by atoms with Crippen LogP contribution < -0.4 is 0 Å². The summed E-state index contributed by atoms with van der Waals surface area (Å²) in [6.07, 6.45) is 4.74. The summed E-state index contributed by atoms with van der Waals surface area (Å²) < 4.78 is 4.46. The summed E-state index contributed by atoms with van der Waals surface area (Å²) in [6.45, 7) is 0. The van der Waals surface area contributed by atoms with Gasteiger partial charge in [0.25, 0.3) is 0 Å². The van der Waals surface area contributed by atoms with Gasteiger partial charge < -0.3 is 0 Å². The number of rotatable bonds is 2. The van der Waals surface area contributed by atoms with Crippen LogP contribution in [-0.4, -0.2) is 29.9 Å². The van der Waals surface area contributed by atoms with Crippen LogP contribution in [0.2, 0.25) is 0 Å². The summed E-state index contributed by atoms with van der Waals surface area (Å²) in [5.41, 5.74) is 1.46. The molecule has 3 aliphatic heterocycles. The molecule has 0 aromatic carbocycles. The summed E-state index contributed by atoms with van der Waals surface area (Å²) >= 11 is 8.48. The molecule has 0 fully saturated rings. The van der Waals surface area contributed by atoms with E-state index in [1.807, 2.05) is 47.0 Å². The Morgan fingerprint density at radius 1 is 0.778 bits per heavy atom. The molecule has 3 rings (SSSR count). The molecule has 0 spiro atoms. The first-order valence-corrected chi connectivity index (χ1v) is 12.3. The molecule has 18 heavy (non-hydrogen) atoms. The Kier molecular flexibility index (Phi) is 5.42. The third kappa shape index (κ3) is 3.71. The number of hydrogen-bond acceptors (Lipinski definition) is 4. The molecule has 0 amide bonds. The summed E-state index contributed by atoms with van der Waals surface area (Å²) in [6, 6.07) is 0. The van der Waals surface area contributed by atoms with E-state index in [0.29, 0.717) is 29.9 Å². The van der Waals surface area contributed by atoms with Crippen molar-refractivity contribution in [3.63, 3.8) is 0 Å². The van der Waals surface area contributed by atoms with Crippen molar-refractivity contribution in [1.29, 1.82) is 0 Å². The van der Waals surface area contributed by atoms with E-state index in [1.54, 1.807) is 3.37 Å². The number of allylic oxidation sites excluding steroid dienone is 3. The molecule has 92 valence electrons. The molecule has 0 aromatic heterocycles. The topological polar surface area (TPSA) is 0 Å². The first-order valence-electron chi connectivity index (χ1n) is 5.04. The molecule has 0 atom stereocenters. The monoisotopic (exact) mass is 440 g/mol. The zero-order valence-corrected chi connectivity index (χ0v) is 15.8. The van der Waals surface area contributed by atoms with E-state index < -0.39 is 0 Å². The van der Waals surface area contributed by atoms with Crippen LogP contribution in [0.4, 0.5) is 0 Å². The summed E-state index contributed by atoms with van der Waals surface area (Å²) in [5.74, 6) is 0. The second kappa shape index (κ2) is 7.05. The summed E-state index contributed by atoms with van der Waals surface area (Å²) in [5, 5.41) is 8.65. The fourth-order valence-corrected chi connectivity index (χ4v) is 9.61. The van der Waals surface area contributed by atoms with Crippen molar-refractivity contribution in [1.82, 2.24) is 0 Å². The third-order valence-electron chi connectivity index (χ3n) is 2.04. The second-order valence-corrected chi connectivity index (χ2v) is 12.7. The van der Waals surface area contributed by atoms with Crippen molar-refractivity contribution in [3.05, 3.63) is 61.2 Å². The quantitative estimate of drug-likeness (QED) is 0.575. The van der Waals surface area contributed by atoms with Crippen LogP contribution >= 0.6 is 47.0 Å². The zero-order valence-electron chi connectivity index (χ0n) is 9.07. The van der Waals surface area contributed by atoms with Gasteiger partial charge in [-0.2, -0.15) is 0 Å². The molecule has 0 saturated heterocycles. The molecule has 3 aliphatic rings. The molecule has 0 N–H and O–H groups in total. The first-order chi connectivity index (χ1) is 8.92. The van der Waals surface area contributed by atoms with Crippen molar-refractivity contribution in [2.24, 2.45) is 0 Å². The van der Waals surface area contributed by atoms with Crippen molar-refractivity contribution in [2.75, 3.05) is 0 Å². The molecular formula is C12H8S4Se2. The van der Waals surface area contributed by atoms with Crippen LogP contribution in [0, 0.1) is 0 Å². The van der Waals surface area contributed by atoms with Crippen LogP contribution in [0.1, 0.15) is 0 Å². The standard InChI is InChI=1S/C12H8S4Se2/c1-2-14-10(13-1)7-9(12-17-5-6-18-12)8-11-15-3-4-16-11/h1-8H. The summed E-state index contributed by atoms with van der Waals surface area (Å²) in [4.78, 5) is 4.72. The predicted octanol–water partition coefficient (Wildman–Crippen LogP) is 4.68. The van der Waals surface area contributed by atoms with E-state index in [4.69, 9.17) is 0 Å². The van der Waals surface area contributed by atoms with Crippen LogP contribution in [0.15, 0.2) is 61.2 Å². The molecule has 0 unspecified atom stereocenters. The van der Waals surface area contributed by atoms with Gasteiger partial charge in [-0.25, -0.2) is 0 Å². The molecular weight excluding hydrogens is 430 g/mol. The van der Waals surface area contributed by atoms with Crippen LogP contribution in [-0.2, 0) is 0 Å². The molecule has 0 aromatic rings. The Morgan fingerprint density at radius 2 is 1.22 bits per heavy atom. The average Bonchev–Trinajstić information content (AvgIpc) is 3.13. The zero-order chi connectivity index (χ0) is 12.2. The van der Waals surface area contributed by atoms with Gasteiger partial charge in [0.2, 0.25) is 0 Å². The van der Waals surface area contributed by atoms with Gasteiger partial charge in [0.1, 0.15) is 0 Å². The van der Waals surface area contributed by atoms with E-state index in [2.05, 4.69) is 43.7 Å². The molecule has 6 heteroatoms. The third-order valence-corrected chi connectivity index (χ3v) is 12.0. The minimum atomic E-state index is 0.576. The Labute approximate surface area is 137 Å². The van der Waals surface area contributed by atoms with Crippen molar-refractivity contribution in [3.8, 4) is 0 Å². The Morgan fingerprint density at radius 3 is 1.67 bits per heavy atom. The fourth-order valence-electron chi connectivity index (χ4n) is 1.33. The van der Waals surface area contributed by atoms with Gasteiger partial charge in [0.05, 0.1) is 0 Å². The number of thioether (sulfide) groups is 4. The van der Waals surface area contributed by atoms with Gasteiger partial charge in [-0.3, -0.25) is 0 Å². The average molecular weight is 438 g/mol. The first kappa shape index (κ1) is 13.8. The molecule has 0 aliphatic carbocycles. The minimum absolute atomic E-state index is 0.576. The van der Waals surface area contributed by atoms with Gasteiger partial charge >= 0.3 is 138 Å². The van der Waals surface area contributed by atoms with Gasteiger partial charge in [0, 0.05) is 0 Å².